The summed E-state index contributed by atoms with van der Waals surface area (Å²) in [5.41, 5.74) is 0. The number of carboxylic acid groups (broad SMARTS) is 1. The Balaban J connectivity index is 0. The highest BCUT2D eigenvalue weighted by atomic mass is 35.5. The van der Waals surface area contributed by atoms with Gasteiger partial charge in [-0.2, -0.15) is 0 Å². The minimum atomic E-state index is -0.662. The molecule has 0 saturated heterocycles. The predicted octanol–water partition coefficient (Wildman–Crippen LogP) is 2.73. The zero-order valence-corrected chi connectivity index (χ0v) is 9.81. The largest absolute Gasteiger partial charge is 0.481 e. The van der Waals surface area contributed by atoms with Gasteiger partial charge in [-0.15, -0.1) is 12.4 Å². The molecule has 0 fully saturated rings. The third-order valence-electron chi connectivity index (χ3n) is 2.16. The van der Waals surface area contributed by atoms with Crippen molar-refractivity contribution in [3.8, 4) is 0 Å². The number of rotatable bonds is 8. The number of unbranched alkanes of at least 4 members (excludes halogenated alkanes) is 1. The fraction of sp³-hybridized carbons (Fsp3) is 0.900. The van der Waals surface area contributed by atoms with E-state index in [0.717, 1.165) is 32.1 Å². The van der Waals surface area contributed by atoms with Crippen LogP contribution in [0.1, 0.15) is 39.0 Å². The second-order valence-electron chi connectivity index (χ2n) is 3.31. The lowest BCUT2D eigenvalue weighted by molar-refractivity contribution is -0.142. The van der Waals surface area contributed by atoms with Crippen molar-refractivity contribution in [2.24, 2.45) is 5.92 Å². The van der Waals surface area contributed by atoms with E-state index in [1.54, 1.807) is 7.11 Å². The molecule has 0 bridgehead atoms. The molecular weight excluding hydrogens is 204 g/mol. The first-order valence-corrected chi connectivity index (χ1v) is 4.94. The molecule has 0 heterocycles. The lowest BCUT2D eigenvalue weighted by Gasteiger charge is -2.10. The molecular formula is C10H21ClO3. The molecule has 0 aromatic heterocycles. The minimum Gasteiger partial charge on any atom is -0.481 e. The Morgan fingerprint density at radius 3 is 2.36 bits per heavy atom. The summed E-state index contributed by atoms with van der Waals surface area (Å²) in [5, 5.41) is 8.86. The van der Waals surface area contributed by atoms with E-state index < -0.39 is 5.97 Å². The van der Waals surface area contributed by atoms with Gasteiger partial charge in [0.25, 0.3) is 0 Å². The molecule has 0 aromatic carbocycles. The van der Waals surface area contributed by atoms with Crippen LogP contribution in [0.25, 0.3) is 0 Å². The zero-order valence-electron chi connectivity index (χ0n) is 8.99. The smallest absolute Gasteiger partial charge is 0.306 e. The van der Waals surface area contributed by atoms with Crippen molar-refractivity contribution in [1.29, 1.82) is 0 Å². The number of hydrogen-bond donors (Lipinski definition) is 1. The normalized spacial score (nSPS) is 11.9. The van der Waals surface area contributed by atoms with Gasteiger partial charge < -0.3 is 9.84 Å². The summed E-state index contributed by atoms with van der Waals surface area (Å²) < 4.78 is 4.88. The molecule has 14 heavy (non-hydrogen) atoms. The number of halogens is 1. The molecule has 86 valence electrons. The molecule has 0 aromatic rings. The average molecular weight is 225 g/mol. The van der Waals surface area contributed by atoms with Crippen LogP contribution in [0.15, 0.2) is 0 Å². The van der Waals surface area contributed by atoms with Gasteiger partial charge in [-0.1, -0.05) is 19.8 Å². The Hall–Kier alpha value is -0.280. The van der Waals surface area contributed by atoms with Gasteiger partial charge in [-0.25, -0.2) is 0 Å². The van der Waals surface area contributed by atoms with Crippen LogP contribution in [0.4, 0.5) is 0 Å². The van der Waals surface area contributed by atoms with Crippen LogP contribution in [0, 0.1) is 5.92 Å². The van der Waals surface area contributed by atoms with E-state index >= 15 is 0 Å². The Labute approximate surface area is 92.2 Å². The van der Waals surface area contributed by atoms with Crippen molar-refractivity contribution in [3.05, 3.63) is 0 Å². The molecule has 1 unspecified atom stereocenters. The van der Waals surface area contributed by atoms with Gasteiger partial charge in [0.2, 0.25) is 0 Å². The van der Waals surface area contributed by atoms with E-state index in [0.29, 0.717) is 6.61 Å². The van der Waals surface area contributed by atoms with Gasteiger partial charge in [0.15, 0.2) is 0 Å². The zero-order chi connectivity index (χ0) is 10.1. The maximum absolute atomic E-state index is 10.8. The van der Waals surface area contributed by atoms with E-state index in [4.69, 9.17) is 9.84 Å². The van der Waals surface area contributed by atoms with Crippen molar-refractivity contribution < 1.29 is 14.6 Å². The van der Waals surface area contributed by atoms with E-state index in [2.05, 4.69) is 6.92 Å². The Kier molecular flexibility index (Phi) is 12.5. The van der Waals surface area contributed by atoms with Gasteiger partial charge in [0.1, 0.15) is 0 Å². The van der Waals surface area contributed by atoms with Gasteiger partial charge >= 0.3 is 5.97 Å². The molecule has 1 atom stereocenters. The second-order valence-corrected chi connectivity index (χ2v) is 3.31. The quantitative estimate of drug-likeness (QED) is 0.645. The molecule has 0 radical (unpaired) electrons. The molecule has 0 aliphatic carbocycles. The molecule has 0 saturated carbocycles. The molecule has 0 rings (SSSR count). The van der Waals surface area contributed by atoms with Crippen molar-refractivity contribution in [2.75, 3.05) is 13.7 Å². The summed E-state index contributed by atoms with van der Waals surface area (Å²) >= 11 is 0. The highest BCUT2D eigenvalue weighted by Crippen LogP contribution is 2.14. The summed E-state index contributed by atoms with van der Waals surface area (Å²) in [6.45, 7) is 2.74. The Morgan fingerprint density at radius 2 is 1.93 bits per heavy atom. The molecule has 3 nitrogen and oxygen atoms in total. The summed E-state index contributed by atoms with van der Waals surface area (Å²) in [6, 6.07) is 0. The van der Waals surface area contributed by atoms with Crippen molar-refractivity contribution >= 4 is 18.4 Å². The van der Waals surface area contributed by atoms with Crippen molar-refractivity contribution in [1.82, 2.24) is 0 Å². The average Bonchev–Trinajstić information content (AvgIpc) is 2.10. The summed E-state index contributed by atoms with van der Waals surface area (Å²) in [4.78, 5) is 10.8. The maximum Gasteiger partial charge on any atom is 0.306 e. The Bertz CT molecular complexity index is 139. The van der Waals surface area contributed by atoms with Crippen LogP contribution < -0.4 is 0 Å². The fourth-order valence-electron chi connectivity index (χ4n) is 1.32. The van der Waals surface area contributed by atoms with Crippen LogP contribution in [-0.4, -0.2) is 24.8 Å². The first-order chi connectivity index (χ1) is 6.22. The lowest BCUT2D eigenvalue weighted by Crippen LogP contribution is -2.14. The monoisotopic (exact) mass is 224 g/mol. The minimum absolute atomic E-state index is 0. The van der Waals surface area contributed by atoms with Gasteiger partial charge in [0.05, 0.1) is 5.92 Å². The molecule has 0 amide bonds. The van der Waals surface area contributed by atoms with Gasteiger partial charge in [-0.3, -0.25) is 4.79 Å². The topological polar surface area (TPSA) is 46.5 Å². The maximum atomic E-state index is 10.8. The summed E-state index contributed by atoms with van der Waals surface area (Å²) in [5.74, 6) is -0.834. The molecule has 1 N–H and O–H groups in total. The van der Waals surface area contributed by atoms with Crippen molar-refractivity contribution in [2.45, 2.75) is 39.0 Å². The third kappa shape index (κ3) is 8.32. The van der Waals surface area contributed by atoms with Crippen LogP contribution in [0.5, 0.6) is 0 Å². The summed E-state index contributed by atoms with van der Waals surface area (Å²) in [7, 11) is 1.64. The number of carbonyl (C=O) groups is 1. The molecule has 4 heteroatoms. The first kappa shape index (κ1) is 16.2. The molecule has 0 aliphatic rings. The molecule has 0 aliphatic heterocycles. The fourth-order valence-corrected chi connectivity index (χ4v) is 1.32. The lowest BCUT2D eigenvalue weighted by atomic mass is 9.97. The van der Waals surface area contributed by atoms with Gasteiger partial charge in [0, 0.05) is 13.7 Å². The van der Waals surface area contributed by atoms with Crippen LogP contribution in [-0.2, 0) is 9.53 Å². The highest BCUT2D eigenvalue weighted by Gasteiger charge is 2.15. The number of hydrogen-bond acceptors (Lipinski definition) is 2. The number of methoxy groups -OCH3 is 1. The Morgan fingerprint density at radius 1 is 1.36 bits per heavy atom. The van der Waals surface area contributed by atoms with Crippen LogP contribution in [0.2, 0.25) is 0 Å². The number of ether oxygens (including phenoxy) is 1. The van der Waals surface area contributed by atoms with E-state index in [1.807, 2.05) is 0 Å². The van der Waals surface area contributed by atoms with Crippen LogP contribution >= 0.6 is 12.4 Å². The van der Waals surface area contributed by atoms with E-state index in [-0.39, 0.29) is 18.3 Å². The van der Waals surface area contributed by atoms with Crippen molar-refractivity contribution in [3.63, 3.8) is 0 Å². The van der Waals surface area contributed by atoms with Gasteiger partial charge in [-0.05, 0) is 19.3 Å². The summed E-state index contributed by atoms with van der Waals surface area (Å²) in [6.07, 6.45) is 4.45. The van der Waals surface area contributed by atoms with E-state index in [1.165, 1.54) is 0 Å². The number of carboxylic acids is 1. The van der Waals surface area contributed by atoms with E-state index in [9.17, 15) is 4.79 Å². The third-order valence-corrected chi connectivity index (χ3v) is 2.16. The standard InChI is InChI=1S/C10H20O3.ClH/c1-3-4-6-9(10(11)12)7-5-8-13-2;/h9H,3-8H2,1-2H3,(H,11,12);1H. The first-order valence-electron chi connectivity index (χ1n) is 4.94. The second kappa shape index (κ2) is 10.8. The SMILES string of the molecule is CCCCC(CCCOC)C(=O)O.Cl. The molecule has 0 spiro atoms. The van der Waals surface area contributed by atoms with Crippen LogP contribution in [0.3, 0.4) is 0 Å². The highest BCUT2D eigenvalue weighted by molar-refractivity contribution is 5.85. The predicted molar refractivity (Wildman–Crippen MR) is 59.0 cm³/mol. The number of aliphatic carboxylic acids is 1.